The molecular weight excluding hydrogens is 342 g/mol. The first kappa shape index (κ1) is 18.7. The second-order valence-corrected chi connectivity index (χ2v) is 6.20. The standard InChI is InChI=1S/C20H23N5O2/c1-27-15-17-11-9-16(10-12-17)14-21-19(26)8-5-13-25-23-20(22-24-25)18-6-3-2-4-7-18/h2-4,6-7,9-12H,5,8,13-15H2,1H3,(H,21,26). The minimum Gasteiger partial charge on any atom is -0.380 e. The average Bonchev–Trinajstić information content (AvgIpc) is 3.17. The minimum atomic E-state index is 0.0133. The molecule has 27 heavy (non-hydrogen) atoms. The van der Waals surface area contributed by atoms with Gasteiger partial charge in [0.15, 0.2) is 0 Å². The number of nitrogens with one attached hydrogen (secondary N) is 1. The van der Waals surface area contributed by atoms with Crippen LogP contribution in [0.2, 0.25) is 0 Å². The highest BCUT2D eigenvalue weighted by Gasteiger charge is 2.06. The van der Waals surface area contributed by atoms with E-state index in [9.17, 15) is 4.79 Å². The van der Waals surface area contributed by atoms with Crippen molar-refractivity contribution in [2.24, 2.45) is 0 Å². The summed E-state index contributed by atoms with van der Waals surface area (Å²) in [5.41, 5.74) is 3.11. The van der Waals surface area contributed by atoms with Gasteiger partial charge in [-0.15, -0.1) is 10.2 Å². The van der Waals surface area contributed by atoms with Gasteiger partial charge < -0.3 is 10.1 Å². The zero-order chi connectivity index (χ0) is 18.9. The summed E-state index contributed by atoms with van der Waals surface area (Å²) in [7, 11) is 1.67. The Kier molecular flexibility index (Phi) is 6.65. The van der Waals surface area contributed by atoms with Gasteiger partial charge in [0.2, 0.25) is 11.7 Å². The lowest BCUT2D eigenvalue weighted by atomic mass is 10.1. The molecular formula is C20H23N5O2. The molecule has 0 spiro atoms. The molecule has 3 rings (SSSR count). The summed E-state index contributed by atoms with van der Waals surface area (Å²) in [4.78, 5) is 13.5. The SMILES string of the molecule is COCc1ccc(CNC(=O)CCCn2nnc(-c3ccccc3)n2)cc1. The lowest BCUT2D eigenvalue weighted by Gasteiger charge is -2.06. The number of aromatic nitrogens is 4. The summed E-state index contributed by atoms with van der Waals surface area (Å²) in [6.45, 7) is 1.67. The van der Waals surface area contributed by atoms with Crippen molar-refractivity contribution < 1.29 is 9.53 Å². The Labute approximate surface area is 158 Å². The fourth-order valence-electron chi connectivity index (χ4n) is 2.63. The van der Waals surface area contributed by atoms with E-state index in [-0.39, 0.29) is 5.91 Å². The summed E-state index contributed by atoms with van der Waals surface area (Å²) >= 11 is 0. The second kappa shape index (κ2) is 9.59. The lowest BCUT2D eigenvalue weighted by molar-refractivity contribution is -0.121. The van der Waals surface area contributed by atoms with Crippen molar-refractivity contribution in [1.82, 2.24) is 25.5 Å². The van der Waals surface area contributed by atoms with Gasteiger partial charge in [-0.3, -0.25) is 4.79 Å². The van der Waals surface area contributed by atoms with Crippen LogP contribution < -0.4 is 5.32 Å². The molecule has 0 bridgehead atoms. The third-order valence-corrected chi connectivity index (χ3v) is 4.07. The van der Waals surface area contributed by atoms with Crippen LogP contribution in [0.4, 0.5) is 0 Å². The van der Waals surface area contributed by atoms with Crippen LogP contribution in [0.5, 0.6) is 0 Å². The maximum absolute atomic E-state index is 12.0. The number of nitrogens with zero attached hydrogens (tertiary/aromatic N) is 4. The van der Waals surface area contributed by atoms with Crippen LogP contribution >= 0.6 is 0 Å². The molecule has 0 fully saturated rings. The van der Waals surface area contributed by atoms with Gasteiger partial charge in [-0.2, -0.15) is 4.80 Å². The molecule has 0 aliphatic rings. The van der Waals surface area contributed by atoms with Crippen molar-refractivity contribution in [1.29, 1.82) is 0 Å². The quantitative estimate of drug-likeness (QED) is 0.630. The highest BCUT2D eigenvalue weighted by molar-refractivity contribution is 5.75. The van der Waals surface area contributed by atoms with Crippen molar-refractivity contribution in [3.63, 3.8) is 0 Å². The Morgan fingerprint density at radius 2 is 1.81 bits per heavy atom. The van der Waals surface area contributed by atoms with E-state index in [2.05, 4.69) is 20.7 Å². The number of benzene rings is 2. The van der Waals surface area contributed by atoms with Crippen LogP contribution in [0.25, 0.3) is 11.4 Å². The maximum atomic E-state index is 12.0. The fraction of sp³-hybridized carbons (Fsp3) is 0.300. The number of ether oxygens (including phenoxy) is 1. The first-order chi connectivity index (χ1) is 13.2. The summed E-state index contributed by atoms with van der Waals surface area (Å²) in [6.07, 6.45) is 1.08. The number of methoxy groups -OCH3 is 1. The topological polar surface area (TPSA) is 81.9 Å². The van der Waals surface area contributed by atoms with Gasteiger partial charge in [-0.05, 0) is 22.8 Å². The predicted molar refractivity (Wildman–Crippen MR) is 101 cm³/mol. The fourth-order valence-corrected chi connectivity index (χ4v) is 2.63. The van der Waals surface area contributed by atoms with Crippen LogP contribution in [0.15, 0.2) is 54.6 Å². The summed E-state index contributed by atoms with van der Waals surface area (Å²) in [5, 5.41) is 15.4. The van der Waals surface area contributed by atoms with Crippen LogP contribution in [0.1, 0.15) is 24.0 Å². The number of carbonyl (C=O) groups is 1. The van der Waals surface area contributed by atoms with Gasteiger partial charge in [-0.25, -0.2) is 0 Å². The van der Waals surface area contributed by atoms with E-state index >= 15 is 0 Å². The summed E-state index contributed by atoms with van der Waals surface area (Å²) < 4.78 is 5.09. The summed E-state index contributed by atoms with van der Waals surface area (Å²) in [6, 6.07) is 17.7. The van der Waals surface area contributed by atoms with Gasteiger partial charge in [0.25, 0.3) is 0 Å². The second-order valence-electron chi connectivity index (χ2n) is 6.20. The smallest absolute Gasteiger partial charge is 0.220 e. The Balaban J connectivity index is 1.39. The van der Waals surface area contributed by atoms with Crippen molar-refractivity contribution in [2.75, 3.05) is 7.11 Å². The third kappa shape index (κ3) is 5.72. The van der Waals surface area contributed by atoms with Crippen molar-refractivity contribution >= 4 is 5.91 Å². The molecule has 0 saturated heterocycles. The molecule has 0 radical (unpaired) electrons. The van der Waals surface area contributed by atoms with Crippen molar-refractivity contribution in [3.05, 3.63) is 65.7 Å². The Morgan fingerprint density at radius 1 is 1.07 bits per heavy atom. The molecule has 1 heterocycles. The number of amides is 1. The zero-order valence-electron chi connectivity index (χ0n) is 15.3. The Morgan fingerprint density at radius 3 is 2.56 bits per heavy atom. The Hall–Kier alpha value is -3.06. The molecule has 7 nitrogen and oxygen atoms in total. The van der Waals surface area contributed by atoms with Gasteiger partial charge >= 0.3 is 0 Å². The first-order valence-corrected chi connectivity index (χ1v) is 8.91. The van der Waals surface area contributed by atoms with E-state index in [1.807, 2.05) is 54.6 Å². The number of aryl methyl sites for hydroxylation is 1. The average molecular weight is 365 g/mol. The molecule has 0 atom stereocenters. The number of tetrazole rings is 1. The van der Waals surface area contributed by atoms with Crippen LogP contribution in [-0.2, 0) is 29.2 Å². The van der Waals surface area contributed by atoms with Gasteiger partial charge in [0.05, 0.1) is 13.2 Å². The monoisotopic (exact) mass is 365 g/mol. The van der Waals surface area contributed by atoms with Crippen LogP contribution in [0.3, 0.4) is 0 Å². The van der Waals surface area contributed by atoms with Gasteiger partial charge in [0, 0.05) is 25.6 Å². The van der Waals surface area contributed by atoms with E-state index in [1.165, 1.54) is 4.80 Å². The van der Waals surface area contributed by atoms with E-state index in [0.717, 1.165) is 16.7 Å². The van der Waals surface area contributed by atoms with E-state index in [1.54, 1.807) is 7.11 Å². The molecule has 0 aliphatic carbocycles. The molecule has 140 valence electrons. The number of hydrogen-bond acceptors (Lipinski definition) is 5. The lowest BCUT2D eigenvalue weighted by Crippen LogP contribution is -2.23. The Bertz CT molecular complexity index is 846. The predicted octanol–water partition coefficient (Wildman–Crippen LogP) is 2.58. The number of carbonyl (C=O) groups excluding carboxylic acids is 1. The van der Waals surface area contributed by atoms with Gasteiger partial charge in [0.1, 0.15) is 0 Å². The molecule has 1 aromatic heterocycles. The maximum Gasteiger partial charge on any atom is 0.220 e. The summed E-state index contributed by atoms with van der Waals surface area (Å²) in [5.74, 6) is 0.608. The van der Waals surface area contributed by atoms with E-state index in [4.69, 9.17) is 4.74 Å². The largest absolute Gasteiger partial charge is 0.380 e. The third-order valence-electron chi connectivity index (χ3n) is 4.07. The highest BCUT2D eigenvalue weighted by Crippen LogP contribution is 2.12. The highest BCUT2D eigenvalue weighted by atomic mass is 16.5. The van der Waals surface area contributed by atoms with Crippen molar-refractivity contribution in [2.45, 2.75) is 32.5 Å². The molecule has 1 amide bonds. The normalized spacial score (nSPS) is 10.7. The molecule has 3 aromatic rings. The molecule has 7 heteroatoms. The molecule has 0 unspecified atom stereocenters. The molecule has 0 aliphatic heterocycles. The number of hydrogen-bond donors (Lipinski definition) is 1. The van der Waals surface area contributed by atoms with Crippen LogP contribution in [-0.4, -0.2) is 33.2 Å². The first-order valence-electron chi connectivity index (χ1n) is 8.91. The number of rotatable bonds is 9. The van der Waals surface area contributed by atoms with E-state index < -0.39 is 0 Å². The van der Waals surface area contributed by atoms with Crippen molar-refractivity contribution in [3.8, 4) is 11.4 Å². The van der Waals surface area contributed by atoms with Gasteiger partial charge in [-0.1, -0.05) is 54.6 Å². The van der Waals surface area contributed by atoms with Crippen LogP contribution in [0, 0.1) is 0 Å². The van der Waals surface area contributed by atoms with E-state index in [0.29, 0.717) is 38.4 Å². The molecule has 0 saturated carbocycles. The molecule has 1 N–H and O–H groups in total. The zero-order valence-corrected chi connectivity index (χ0v) is 15.3. The minimum absolute atomic E-state index is 0.0133. The molecule has 2 aromatic carbocycles.